The smallest absolute Gasteiger partial charge is 0.252 e. The Labute approximate surface area is 112 Å². The number of aryl methyl sites for hydroxylation is 1. The minimum absolute atomic E-state index is 0.0248. The first kappa shape index (κ1) is 12.8. The fourth-order valence-corrected chi connectivity index (χ4v) is 2.44. The Hall–Kier alpha value is -1.61. The Morgan fingerprint density at radius 1 is 1.28 bits per heavy atom. The van der Waals surface area contributed by atoms with Crippen LogP contribution in [0.25, 0.3) is 0 Å². The summed E-state index contributed by atoms with van der Waals surface area (Å²) in [5, 5.41) is 6.81. The van der Waals surface area contributed by atoms with Gasteiger partial charge in [0.15, 0.2) is 0 Å². The van der Waals surface area contributed by atoms with Crippen LogP contribution in [0.15, 0.2) is 47.2 Å². The molecule has 2 aromatic rings. The summed E-state index contributed by atoms with van der Waals surface area (Å²) in [5.41, 5.74) is 2.07. The van der Waals surface area contributed by atoms with Crippen LogP contribution in [0.4, 0.5) is 0 Å². The predicted octanol–water partition coefficient (Wildman–Crippen LogP) is 3.50. The molecule has 0 saturated heterocycles. The highest BCUT2D eigenvalue weighted by Crippen LogP contribution is 2.08. The highest BCUT2D eigenvalue weighted by molar-refractivity contribution is 7.08. The number of carbonyl (C=O) groups excluding carboxylic acids is 1. The SMILES string of the molecule is CC(CCc1ccccc1)NC(=O)c1ccsc1. The zero-order chi connectivity index (χ0) is 12.8. The van der Waals surface area contributed by atoms with Crippen LogP contribution in [-0.2, 0) is 6.42 Å². The standard InChI is InChI=1S/C15H17NOS/c1-12(7-8-13-5-3-2-4-6-13)16-15(17)14-9-10-18-11-14/h2-6,9-12H,7-8H2,1H3,(H,16,17). The van der Waals surface area contributed by atoms with Gasteiger partial charge in [-0.05, 0) is 36.8 Å². The van der Waals surface area contributed by atoms with Crippen molar-refractivity contribution in [1.82, 2.24) is 5.32 Å². The van der Waals surface area contributed by atoms with Gasteiger partial charge in [0.1, 0.15) is 0 Å². The van der Waals surface area contributed by atoms with Gasteiger partial charge in [0, 0.05) is 17.0 Å². The van der Waals surface area contributed by atoms with Crippen LogP contribution in [0, 0.1) is 0 Å². The number of thiophene rings is 1. The minimum atomic E-state index is 0.0248. The molecule has 94 valence electrons. The molecule has 1 unspecified atom stereocenters. The molecular weight excluding hydrogens is 242 g/mol. The number of hydrogen-bond donors (Lipinski definition) is 1. The van der Waals surface area contributed by atoms with E-state index in [2.05, 4.69) is 17.4 Å². The molecule has 0 aliphatic carbocycles. The van der Waals surface area contributed by atoms with Crippen LogP contribution in [0.5, 0.6) is 0 Å². The molecule has 1 aromatic carbocycles. The number of amides is 1. The Balaban J connectivity index is 1.79. The maximum atomic E-state index is 11.8. The third kappa shape index (κ3) is 3.70. The molecule has 1 heterocycles. The number of nitrogens with one attached hydrogen (secondary N) is 1. The lowest BCUT2D eigenvalue weighted by atomic mass is 10.1. The summed E-state index contributed by atoms with van der Waals surface area (Å²) in [5.74, 6) is 0.0248. The lowest BCUT2D eigenvalue weighted by Crippen LogP contribution is -2.32. The predicted molar refractivity (Wildman–Crippen MR) is 76.0 cm³/mol. The fraction of sp³-hybridized carbons (Fsp3) is 0.267. The van der Waals surface area contributed by atoms with E-state index in [0.717, 1.165) is 18.4 Å². The van der Waals surface area contributed by atoms with Gasteiger partial charge in [-0.25, -0.2) is 0 Å². The molecule has 0 aliphatic heterocycles. The van der Waals surface area contributed by atoms with Gasteiger partial charge in [-0.2, -0.15) is 11.3 Å². The van der Waals surface area contributed by atoms with Crippen molar-refractivity contribution >= 4 is 17.2 Å². The largest absolute Gasteiger partial charge is 0.350 e. The van der Waals surface area contributed by atoms with Crippen LogP contribution >= 0.6 is 11.3 Å². The summed E-state index contributed by atoms with van der Waals surface area (Å²) in [7, 11) is 0. The molecule has 0 bridgehead atoms. The van der Waals surface area contributed by atoms with E-state index in [1.807, 2.05) is 41.9 Å². The molecule has 1 N–H and O–H groups in total. The quantitative estimate of drug-likeness (QED) is 0.875. The van der Waals surface area contributed by atoms with Crippen molar-refractivity contribution in [2.45, 2.75) is 25.8 Å². The zero-order valence-corrected chi connectivity index (χ0v) is 11.2. The van der Waals surface area contributed by atoms with Gasteiger partial charge >= 0.3 is 0 Å². The van der Waals surface area contributed by atoms with Crippen LogP contribution in [0.1, 0.15) is 29.3 Å². The minimum Gasteiger partial charge on any atom is -0.350 e. The van der Waals surface area contributed by atoms with E-state index in [1.54, 1.807) is 11.3 Å². The number of rotatable bonds is 5. The van der Waals surface area contributed by atoms with Crippen LogP contribution in [0.2, 0.25) is 0 Å². The molecule has 1 amide bonds. The molecule has 0 aliphatic rings. The van der Waals surface area contributed by atoms with Crippen molar-refractivity contribution < 1.29 is 4.79 Å². The Morgan fingerprint density at radius 2 is 2.06 bits per heavy atom. The third-order valence-corrected chi connectivity index (χ3v) is 3.55. The molecule has 0 radical (unpaired) electrons. The zero-order valence-electron chi connectivity index (χ0n) is 10.4. The maximum Gasteiger partial charge on any atom is 0.252 e. The molecule has 0 fully saturated rings. The van der Waals surface area contributed by atoms with Gasteiger partial charge in [0.05, 0.1) is 0 Å². The highest BCUT2D eigenvalue weighted by Gasteiger charge is 2.09. The Morgan fingerprint density at radius 3 is 2.72 bits per heavy atom. The van der Waals surface area contributed by atoms with E-state index >= 15 is 0 Å². The van der Waals surface area contributed by atoms with Crippen molar-refractivity contribution in [3.8, 4) is 0 Å². The molecule has 1 atom stereocenters. The fourth-order valence-electron chi connectivity index (χ4n) is 1.80. The van der Waals surface area contributed by atoms with E-state index in [9.17, 15) is 4.79 Å². The van der Waals surface area contributed by atoms with Crippen molar-refractivity contribution in [3.63, 3.8) is 0 Å². The normalized spacial score (nSPS) is 12.1. The molecular formula is C15H17NOS. The second-order valence-electron chi connectivity index (χ2n) is 4.41. The van der Waals surface area contributed by atoms with Crippen molar-refractivity contribution in [3.05, 3.63) is 58.3 Å². The molecule has 18 heavy (non-hydrogen) atoms. The molecule has 3 heteroatoms. The average Bonchev–Trinajstić information content (AvgIpc) is 2.91. The average molecular weight is 259 g/mol. The lowest BCUT2D eigenvalue weighted by molar-refractivity contribution is 0.0939. The molecule has 1 aromatic heterocycles. The molecule has 0 saturated carbocycles. The van der Waals surface area contributed by atoms with Gasteiger partial charge in [-0.15, -0.1) is 0 Å². The summed E-state index contributed by atoms with van der Waals surface area (Å²) in [6.07, 6.45) is 1.95. The Bertz CT molecular complexity index is 478. The first-order valence-electron chi connectivity index (χ1n) is 6.12. The number of carbonyl (C=O) groups is 1. The molecule has 0 spiro atoms. The van der Waals surface area contributed by atoms with E-state index in [4.69, 9.17) is 0 Å². The van der Waals surface area contributed by atoms with E-state index in [-0.39, 0.29) is 11.9 Å². The summed E-state index contributed by atoms with van der Waals surface area (Å²) >= 11 is 1.54. The number of benzene rings is 1. The number of hydrogen-bond acceptors (Lipinski definition) is 2. The second-order valence-corrected chi connectivity index (χ2v) is 5.19. The van der Waals surface area contributed by atoms with Crippen LogP contribution < -0.4 is 5.32 Å². The summed E-state index contributed by atoms with van der Waals surface area (Å²) < 4.78 is 0. The van der Waals surface area contributed by atoms with Crippen LogP contribution in [0.3, 0.4) is 0 Å². The first-order valence-corrected chi connectivity index (χ1v) is 7.07. The van der Waals surface area contributed by atoms with Gasteiger partial charge in [-0.3, -0.25) is 4.79 Å². The summed E-state index contributed by atoms with van der Waals surface area (Å²) in [6.45, 7) is 2.05. The topological polar surface area (TPSA) is 29.1 Å². The van der Waals surface area contributed by atoms with Gasteiger partial charge in [0.2, 0.25) is 0 Å². The second kappa shape index (κ2) is 6.36. The van der Waals surface area contributed by atoms with Crippen molar-refractivity contribution in [1.29, 1.82) is 0 Å². The van der Waals surface area contributed by atoms with E-state index in [1.165, 1.54) is 5.56 Å². The summed E-state index contributed by atoms with van der Waals surface area (Å²) in [6, 6.07) is 12.4. The highest BCUT2D eigenvalue weighted by atomic mass is 32.1. The van der Waals surface area contributed by atoms with Crippen molar-refractivity contribution in [2.24, 2.45) is 0 Å². The van der Waals surface area contributed by atoms with Crippen LogP contribution in [-0.4, -0.2) is 11.9 Å². The van der Waals surface area contributed by atoms with Crippen molar-refractivity contribution in [2.75, 3.05) is 0 Å². The maximum absolute atomic E-state index is 11.8. The molecule has 2 rings (SSSR count). The van der Waals surface area contributed by atoms with Gasteiger partial charge in [-0.1, -0.05) is 30.3 Å². The summed E-state index contributed by atoms with van der Waals surface area (Å²) in [4.78, 5) is 11.8. The molecule has 2 nitrogen and oxygen atoms in total. The van der Waals surface area contributed by atoms with Gasteiger partial charge < -0.3 is 5.32 Å². The Kier molecular flexibility index (Phi) is 4.53. The van der Waals surface area contributed by atoms with E-state index in [0.29, 0.717) is 0 Å². The van der Waals surface area contributed by atoms with E-state index < -0.39 is 0 Å². The van der Waals surface area contributed by atoms with Gasteiger partial charge in [0.25, 0.3) is 5.91 Å². The third-order valence-electron chi connectivity index (χ3n) is 2.87. The monoisotopic (exact) mass is 259 g/mol. The lowest BCUT2D eigenvalue weighted by Gasteiger charge is -2.13. The first-order chi connectivity index (χ1) is 8.75.